The average molecular weight is 321 g/mol. The molecule has 0 spiro atoms. The second kappa shape index (κ2) is 6.49. The van der Waals surface area contributed by atoms with Gasteiger partial charge in [-0.15, -0.1) is 0 Å². The molecular formula is C15H10Cl2N2O2. The molecule has 0 aliphatic heterocycles. The van der Waals surface area contributed by atoms with Crippen LogP contribution in [0.4, 0.5) is 0 Å². The van der Waals surface area contributed by atoms with Crippen molar-refractivity contribution >= 4 is 35.2 Å². The van der Waals surface area contributed by atoms with Crippen molar-refractivity contribution < 1.29 is 9.21 Å². The fourth-order valence-electron chi connectivity index (χ4n) is 1.69. The van der Waals surface area contributed by atoms with Crippen LogP contribution in [0.5, 0.6) is 0 Å². The molecule has 2 rings (SSSR count). The Balaban J connectivity index is 2.39. The third kappa shape index (κ3) is 3.27. The molecule has 0 unspecified atom stereocenters. The Labute approximate surface area is 131 Å². The van der Waals surface area contributed by atoms with E-state index in [2.05, 4.69) is 5.32 Å². The van der Waals surface area contributed by atoms with Gasteiger partial charge in [-0.2, -0.15) is 5.26 Å². The van der Waals surface area contributed by atoms with Crippen LogP contribution in [0, 0.1) is 11.3 Å². The number of rotatable bonds is 3. The highest BCUT2D eigenvalue weighted by molar-refractivity contribution is 6.43. The Morgan fingerprint density at radius 2 is 2.10 bits per heavy atom. The summed E-state index contributed by atoms with van der Waals surface area (Å²) >= 11 is 12.1. The van der Waals surface area contributed by atoms with E-state index < -0.39 is 5.91 Å². The van der Waals surface area contributed by atoms with E-state index in [-0.39, 0.29) is 5.57 Å². The van der Waals surface area contributed by atoms with Gasteiger partial charge in [0.25, 0.3) is 5.91 Å². The van der Waals surface area contributed by atoms with Crippen molar-refractivity contribution in [3.63, 3.8) is 0 Å². The Kier molecular flexibility index (Phi) is 4.69. The lowest BCUT2D eigenvalue weighted by atomic mass is 10.2. The van der Waals surface area contributed by atoms with Gasteiger partial charge >= 0.3 is 0 Å². The number of hydrogen-bond donors (Lipinski definition) is 1. The first-order valence-corrected chi connectivity index (χ1v) is 6.70. The summed E-state index contributed by atoms with van der Waals surface area (Å²) in [6.07, 6.45) is 1.36. The maximum atomic E-state index is 11.4. The summed E-state index contributed by atoms with van der Waals surface area (Å²) < 4.78 is 5.58. The number of hydrogen-bond acceptors (Lipinski definition) is 3. The van der Waals surface area contributed by atoms with Gasteiger partial charge in [-0.1, -0.05) is 29.3 Å². The van der Waals surface area contributed by atoms with E-state index in [1.54, 1.807) is 30.3 Å². The van der Waals surface area contributed by atoms with Crippen molar-refractivity contribution in [2.45, 2.75) is 0 Å². The molecule has 4 nitrogen and oxygen atoms in total. The monoisotopic (exact) mass is 320 g/mol. The van der Waals surface area contributed by atoms with Crippen molar-refractivity contribution in [2.75, 3.05) is 7.05 Å². The molecule has 0 fully saturated rings. The number of nitriles is 1. The van der Waals surface area contributed by atoms with Crippen LogP contribution in [0.2, 0.25) is 10.0 Å². The molecule has 2 aromatic rings. The number of nitrogens with zero attached hydrogens (tertiary/aromatic N) is 1. The van der Waals surface area contributed by atoms with E-state index in [1.165, 1.54) is 13.1 Å². The third-order valence-electron chi connectivity index (χ3n) is 2.72. The van der Waals surface area contributed by atoms with Crippen LogP contribution in [-0.2, 0) is 4.79 Å². The van der Waals surface area contributed by atoms with Gasteiger partial charge in [0.15, 0.2) is 0 Å². The first-order chi connectivity index (χ1) is 10.1. The van der Waals surface area contributed by atoms with Gasteiger partial charge < -0.3 is 9.73 Å². The van der Waals surface area contributed by atoms with Crippen LogP contribution >= 0.6 is 23.2 Å². The number of carbonyl (C=O) groups is 1. The Bertz CT molecular complexity index is 757. The highest BCUT2D eigenvalue weighted by atomic mass is 35.5. The number of amides is 1. The van der Waals surface area contributed by atoms with Crippen molar-refractivity contribution in [2.24, 2.45) is 0 Å². The number of furan rings is 1. The highest BCUT2D eigenvalue weighted by Crippen LogP contribution is 2.34. The molecule has 0 aliphatic rings. The second-order valence-corrected chi connectivity index (χ2v) is 4.84. The van der Waals surface area contributed by atoms with Gasteiger partial charge in [0.2, 0.25) is 0 Å². The second-order valence-electron chi connectivity index (χ2n) is 4.05. The predicted molar refractivity (Wildman–Crippen MR) is 81.8 cm³/mol. The maximum Gasteiger partial charge on any atom is 0.261 e. The Morgan fingerprint density at radius 1 is 1.33 bits per heavy atom. The molecule has 0 saturated carbocycles. The normalized spacial score (nSPS) is 11.0. The van der Waals surface area contributed by atoms with Crippen LogP contribution < -0.4 is 5.32 Å². The quantitative estimate of drug-likeness (QED) is 0.688. The molecule has 0 saturated heterocycles. The maximum absolute atomic E-state index is 11.4. The summed E-state index contributed by atoms with van der Waals surface area (Å²) in [5.41, 5.74) is 0.595. The molecule has 106 valence electrons. The molecule has 0 bridgehead atoms. The van der Waals surface area contributed by atoms with E-state index in [1.807, 2.05) is 6.07 Å². The molecule has 1 N–H and O–H groups in total. The lowest BCUT2D eigenvalue weighted by molar-refractivity contribution is -0.116. The molecule has 0 atom stereocenters. The SMILES string of the molecule is CNC(=O)/C(C#N)=C/c1ccc(-c2cccc(Cl)c2Cl)o1. The van der Waals surface area contributed by atoms with E-state index in [4.69, 9.17) is 32.9 Å². The largest absolute Gasteiger partial charge is 0.457 e. The van der Waals surface area contributed by atoms with E-state index in [9.17, 15) is 4.79 Å². The summed E-state index contributed by atoms with van der Waals surface area (Å²) in [5, 5.41) is 12.1. The van der Waals surface area contributed by atoms with Crippen molar-refractivity contribution in [3.05, 3.63) is 51.7 Å². The zero-order valence-electron chi connectivity index (χ0n) is 11.0. The molecule has 6 heteroatoms. The van der Waals surface area contributed by atoms with Crippen LogP contribution in [0.15, 0.2) is 40.3 Å². The van der Waals surface area contributed by atoms with Crippen LogP contribution in [0.1, 0.15) is 5.76 Å². The summed E-state index contributed by atoms with van der Waals surface area (Å²) in [7, 11) is 1.45. The predicted octanol–water partition coefficient (Wildman–Crippen LogP) is 3.91. The Hall–Kier alpha value is -2.22. The Morgan fingerprint density at radius 3 is 2.76 bits per heavy atom. The van der Waals surface area contributed by atoms with Crippen molar-refractivity contribution in [1.29, 1.82) is 5.26 Å². The molecule has 0 radical (unpaired) electrons. The summed E-state index contributed by atoms with van der Waals surface area (Å²) in [6, 6.07) is 10.4. The minimum Gasteiger partial charge on any atom is -0.457 e. The number of nitrogens with one attached hydrogen (secondary N) is 1. The first-order valence-electron chi connectivity index (χ1n) is 5.95. The molecule has 1 aromatic heterocycles. The summed E-state index contributed by atoms with van der Waals surface area (Å²) in [6.45, 7) is 0. The van der Waals surface area contributed by atoms with E-state index in [0.29, 0.717) is 27.1 Å². The first kappa shape index (κ1) is 15.2. The number of halogens is 2. The van der Waals surface area contributed by atoms with Crippen LogP contribution in [0.25, 0.3) is 17.4 Å². The van der Waals surface area contributed by atoms with Crippen molar-refractivity contribution in [1.82, 2.24) is 5.32 Å². The minimum atomic E-state index is -0.476. The number of carbonyl (C=O) groups excluding carboxylic acids is 1. The fraction of sp³-hybridized carbons (Fsp3) is 0.0667. The molecule has 1 aromatic carbocycles. The fourth-order valence-corrected chi connectivity index (χ4v) is 2.09. The molecule has 1 heterocycles. The highest BCUT2D eigenvalue weighted by Gasteiger charge is 2.12. The third-order valence-corrected chi connectivity index (χ3v) is 3.54. The van der Waals surface area contributed by atoms with Gasteiger partial charge in [0.05, 0.1) is 10.0 Å². The van der Waals surface area contributed by atoms with Crippen LogP contribution in [-0.4, -0.2) is 13.0 Å². The standard InChI is InChI=1S/C15H10Cl2N2O2/c1-19-15(20)9(8-18)7-10-5-6-13(21-10)11-3-2-4-12(16)14(11)17/h2-7H,1H3,(H,19,20)/b9-7+. The molecule has 21 heavy (non-hydrogen) atoms. The smallest absolute Gasteiger partial charge is 0.261 e. The van der Waals surface area contributed by atoms with Gasteiger partial charge in [-0.3, -0.25) is 4.79 Å². The van der Waals surface area contributed by atoms with E-state index >= 15 is 0 Å². The van der Waals surface area contributed by atoms with Gasteiger partial charge in [-0.25, -0.2) is 0 Å². The lowest BCUT2D eigenvalue weighted by Gasteiger charge is -2.02. The van der Waals surface area contributed by atoms with Gasteiger partial charge in [0, 0.05) is 18.7 Å². The minimum absolute atomic E-state index is 0.0457. The summed E-state index contributed by atoms with van der Waals surface area (Å²) in [4.78, 5) is 11.4. The zero-order valence-corrected chi connectivity index (χ0v) is 12.5. The van der Waals surface area contributed by atoms with Gasteiger partial charge in [0.1, 0.15) is 23.2 Å². The van der Waals surface area contributed by atoms with E-state index in [0.717, 1.165) is 0 Å². The number of benzene rings is 1. The number of likely N-dealkylation sites (N-methyl/N-ethyl adjacent to an activating group) is 1. The average Bonchev–Trinajstić information content (AvgIpc) is 2.95. The lowest BCUT2D eigenvalue weighted by Crippen LogP contribution is -2.18. The van der Waals surface area contributed by atoms with Crippen molar-refractivity contribution in [3.8, 4) is 17.4 Å². The molecule has 0 aliphatic carbocycles. The molecular weight excluding hydrogens is 311 g/mol. The molecule has 1 amide bonds. The van der Waals surface area contributed by atoms with Gasteiger partial charge in [-0.05, 0) is 24.3 Å². The zero-order chi connectivity index (χ0) is 15.4. The topological polar surface area (TPSA) is 66.0 Å². The van der Waals surface area contributed by atoms with Crippen LogP contribution in [0.3, 0.4) is 0 Å². The summed E-state index contributed by atoms with van der Waals surface area (Å²) in [5.74, 6) is 0.403.